The van der Waals surface area contributed by atoms with E-state index in [1.807, 2.05) is 0 Å². The Morgan fingerprint density at radius 3 is 1.93 bits per heavy atom. The summed E-state index contributed by atoms with van der Waals surface area (Å²) in [5, 5.41) is 6.11. The number of rotatable bonds is 3. The minimum absolute atomic E-state index is 0.0482. The molecule has 0 unspecified atom stereocenters. The molecule has 3 amide bonds. The van der Waals surface area contributed by atoms with Gasteiger partial charge in [-0.05, 0) is 37.1 Å². The summed E-state index contributed by atoms with van der Waals surface area (Å²) in [7, 11) is 0. The van der Waals surface area contributed by atoms with E-state index in [-0.39, 0.29) is 36.3 Å². The van der Waals surface area contributed by atoms with Gasteiger partial charge in [0.1, 0.15) is 5.82 Å². The van der Waals surface area contributed by atoms with Crippen LogP contribution < -0.4 is 15.5 Å². The van der Waals surface area contributed by atoms with Gasteiger partial charge < -0.3 is 15.5 Å². The first-order valence-electron chi connectivity index (χ1n) is 11.2. The number of nitrogens with one attached hydrogen (secondary N) is 2. The maximum absolute atomic E-state index is 13.1. The van der Waals surface area contributed by atoms with Crippen LogP contribution in [0.5, 0.6) is 0 Å². The molecule has 5 nitrogen and oxygen atoms in total. The number of anilines is 1. The van der Waals surface area contributed by atoms with E-state index in [1.165, 1.54) is 57.1 Å². The average Bonchev–Trinajstić information content (AvgIpc) is 3.04. The molecule has 2 fully saturated rings. The van der Waals surface area contributed by atoms with E-state index in [0.717, 1.165) is 25.7 Å². The first-order chi connectivity index (χ1) is 14.1. The Kier molecular flexibility index (Phi) is 8.32. The van der Waals surface area contributed by atoms with Crippen molar-refractivity contribution in [3.05, 3.63) is 30.1 Å². The van der Waals surface area contributed by atoms with Gasteiger partial charge in [0, 0.05) is 24.7 Å². The summed E-state index contributed by atoms with van der Waals surface area (Å²) in [6.45, 7) is 0.419. The number of hydrogen-bond donors (Lipinski definition) is 2. The number of amides is 3. The molecule has 29 heavy (non-hydrogen) atoms. The molecule has 1 heterocycles. The topological polar surface area (TPSA) is 61.4 Å². The lowest BCUT2D eigenvalue weighted by Crippen LogP contribution is -2.47. The van der Waals surface area contributed by atoms with E-state index < -0.39 is 0 Å². The lowest BCUT2D eigenvalue weighted by Gasteiger charge is -2.22. The molecule has 1 aliphatic heterocycles. The number of benzene rings is 1. The Hall–Kier alpha value is -2.11. The van der Waals surface area contributed by atoms with Crippen LogP contribution in [0.25, 0.3) is 0 Å². The van der Waals surface area contributed by atoms with Crippen LogP contribution in [0.15, 0.2) is 24.3 Å². The average molecular weight is 404 g/mol. The Morgan fingerprint density at radius 2 is 1.34 bits per heavy atom. The molecule has 1 aromatic rings. The van der Waals surface area contributed by atoms with Gasteiger partial charge in [-0.15, -0.1) is 0 Å². The van der Waals surface area contributed by atoms with Crippen molar-refractivity contribution >= 4 is 17.6 Å². The third kappa shape index (κ3) is 7.02. The van der Waals surface area contributed by atoms with E-state index in [2.05, 4.69) is 10.6 Å². The number of carbonyl (C=O) groups excluding carboxylic acids is 2. The zero-order valence-electron chi connectivity index (χ0n) is 17.3. The molecule has 160 valence electrons. The minimum Gasteiger partial charge on any atom is -0.335 e. The number of hydrogen-bond acceptors (Lipinski definition) is 2. The second-order valence-corrected chi connectivity index (χ2v) is 8.46. The smallest absolute Gasteiger partial charge is 0.315 e. The normalized spacial score (nSPS) is 22.6. The van der Waals surface area contributed by atoms with Gasteiger partial charge in [0.2, 0.25) is 5.91 Å². The molecule has 1 saturated heterocycles. The fraction of sp³-hybridized carbons (Fsp3) is 0.652. The van der Waals surface area contributed by atoms with E-state index >= 15 is 0 Å². The second kappa shape index (κ2) is 11.2. The first kappa shape index (κ1) is 21.6. The van der Waals surface area contributed by atoms with E-state index in [1.54, 1.807) is 17.0 Å². The Balaban J connectivity index is 1.47. The first-order valence-corrected chi connectivity index (χ1v) is 11.2. The Labute approximate surface area is 173 Å². The number of halogens is 1. The Bertz CT molecular complexity index is 653. The van der Waals surface area contributed by atoms with Crippen molar-refractivity contribution in [2.45, 2.75) is 89.1 Å². The van der Waals surface area contributed by atoms with Crippen molar-refractivity contribution in [3.63, 3.8) is 0 Å². The van der Waals surface area contributed by atoms with E-state index in [4.69, 9.17) is 0 Å². The number of nitrogens with zero attached hydrogens (tertiary/aromatic N) is 1. The molecule has 2 aliphatic rings. The van der Waals surface area contributed by atoms with Crippen molar-refractivity contribution in [1.82, 2.24) is 10.6 Å². The summed E-state index contributed by atoms with van der Waals surface area (Å²) < 4.78 is 13.1. The molecule has 0 radical (unpaired) electrons. The number of urea groups is 1. The highest BCUT2D eigenvalue weighted by Crippen LogP contribution is 2.22. The summed E-state index contributed by atoms with van der Waals surface area (Å²) >= 11 is 0. The van der Waals surface area contributed by atoms with Crippen LogP contribution in [0, 0.1) is 5.82 Å². The second-order valence-electron chi connectivity index (χ2n) is 8.46. The number of carbonyl (C=O) groups is 2. The van der Waals surface area contributed by atoms with Crippen LogP contribution in [-0.4, -0.2) is 30.6 Å². The highest BCUT2D eigenvalue weighted by molar-refractivity contribution is 5.96. The van der Waals surface area contributed by atoms with E-state index in [9.17, 15) is 14.0 Å². The van der Waals surface area contributed by atoms with Crippen molar-refractivity contribution in [2.75, 3.05) is 11.4 Å². The fourth-order valence-electron chi connectivity index (χ4n) is 4.39. The largest absolute Gasteiger partial charge is 0.335 e. The summed E-state index contributed by atoms with van der Waals surface area (Å²) in [4.78, 5) is 26.5. The molecule has 1 atom stereocenters. The minimum atomic E-state index is -0.327. The third-order valence-electron chi connectivity index (χ3n) is 6.04. The molecule has 1 aliphatic carbocycles. The molecule has 2 N–H and O–H groups in total. The lowest BCUT2D eigenvalue weighted by atomic mass is 9.98. The molecule has 6 heteroatoms. The van der Waals surface area contributed by atoms with Gasteiger partial charge in [0.25, 0.3) is 0 Å². The van der Waals surface area contributed by atoms with Crippen LogP contribution in [0.2, 0.25) is 0 Å². The highest BCUT2D eigenvalue weighted by atomic mass is 19.1. The van der Waals surface area contributed by atoms with Gasteiger partial charge in [0.05, 0.1) is 6.04 Å². The van der Waals surface area contributed by atoms with Crippen LogP contribution in [0.3, 0.4) is 0 Å². The van der Waals surface area contributed by atoms with E-state index in [0.29, 0.717) is 12.2 Å². The summed E-state index contributed by atoms with van der Waals surface area (Å²) in [6.07, 6.45) is 13.7. The van der Waals surface area contributed by atoms with Crippen LogP contribution in [0.1, 0.15) is 77.0 Å². The maximum atomic E-state index is 13.1. The molecular weight excluding hydrogens is 369 g/mol. The highest BCUT2D eigenvalue weighted by Gasteiger charge is 2.31. The molecule has 0 bridgehead atoms. The zero-order chi connectivity index (χ0) is 20.5. The monoisotopic (exact) mass is 403 g/mol. The summed E-state index contributed by atoms with van der Waals surface area (Å²) in [6, 6.07) is 5.69. The van der Waals surface area contributed by atoms with Crippen molar-refractivity contribution in [2.24, 2.45) is 0 Å². The van der Waals surface area contributed by atoms with Gasteiger partial charge in [-0.1, -0.05) is 57.8 Å². The molecule has 0 spiro atoms. The van der Waals surface area contributed by atoms with Gasteiger partial charge in [-0.25, -0.2) is 9.18 Å². The van der Waals surface area contributed by atoms with Crippen molar-refractivity contribution in [3.8, 4) is 0 Å². The molecule has 0 aromatic heterocycles. The summed E-state index contributed by atoms with van der Waals surface area (Å²) in [5.41, 5.74) is 0.667. The third-order valence-corrected chi connectivity index (χ3v) is 6.04. The quantitative estimate of drug-likeness (QED) is 0.754. The SMILES string of the molecule is O=C(NC1CCCCCCCCCCC1)N[C@H]1CC(=O)N(c2ccc(F)cc2)C1. The fourth-order valence-corrected chi connectivity index (χ4v) is 4.39. The predicted octanol–water partition coefficient (Wildman–Crippen LogP) is 4.90. The van der Waals surface area contributed by atoms with Gasteiger partial charge in [-0.2, -0.15) is 0 Å². The van der Waals surface area contributed by atoms with Crippen LogP contribution >= 0.6 is 0 Å². The van der Waals surface area contributed by atoms with Crippen molar-refractivity contribution < 1.29 is 14.0 Å². The van der Waals surface area contributed by atoms with Crippen molar-refractivity contribution in [1.29, 1.82) is 0 Å². The van der Waals surface area contributed by atoms with Crippen LogP contribution in [0.4, 0.5) is 14.9 Å². The standard InChI is InChI=1S/C23H34FN3O2/c24-18-12-14-21(15-13-18)27-17-20(16-22(27)28)26-23(29)25-19-10-8-6-4-2-1-3-5-7-9-11-19/h12-15,19-20H,1-11,16-17H2,(H2,25,26,29)/t20-/m0/s1. The maximum Gasteiger partial charge on any atom is 0.315 e. The van der Waals surface area contributed by atoms with Gasteiger partial charge in [0.15, 0.2) is 0 Å². The molecule has 1 aromatic carbocycles. The van der Waals surface area contributed by atoms with Gasteiger partial charge >= 0.3 is 6.03 Å². The zero-order valence-corrected chi connectivity index (χ0v) is 17.3. The molecule has 1 saturated carbocycles. The summed E-state index contributed by atoms with van der Waals surface area (Å²) in [5.74, 6) is -0.376. The van der Waals surface area contributed by atoms with Gasteiger partial charge in [-0.3, -0.25) is 4.79 Å². The van der Waals surface area contributed by atoms with Crippen LogP contribution in [-0.2, 0) is 4.79 Å². The molecule has 3 rings (SSSR count). The predicted molar refractivity (Wildman–Crippen MR) is 113 cm³/mol. The Morgan fingerprint density at radius 1 is 0.828 bits per heavy atom. The lowest BCUT2D eigenvalue weighted by molar-refractivity contribution is -0.117. The molecular formula is C23H34FN3O2.